The van der Waals surface area contributed by atoms with Gasteiger partial charge in [-0.05, 0) is 37.0 Å². The van der Waals surface area contributed by atoms with E-state index < -0.39 is 0 Å². The summed E-state index contributed by atoms with van der Waals surface area (Å²) in [4.78, 5) is 17.2. The van der Waals surface area contributed by atoms with Crippen molar-refractivity contribution in [2.24, 2.45) is 0 Å². The van der Waals surface area contributed by atoms with E-state index in [0.717, 1.165) is 48.0 Å². The summed E-state index contributed by atoms with van der Waals surface area (Å²) in [5.41, 5.74) is 3.06. The molecular formula is C24H26ClN3O2S. The van der Waals surface area contributed by atoms with Gasteiger partial charge in [0.2, 0.25) is 5.91 Å². The molecule has 2 heterocycles. The molecule has 0 saturated carbocycles. The fourth-order valence-electron chi connectivity index (χ4n) is 3.80. The highest BCUT2D eigenvalue weighted by Crippen LogP contribution is 2.28. The Bertz CT molecular complexity index is 1020. The van der Waals surface area contributed by atoms with Gasteiger partial charge in [0.15, 0.2) is 5.16 Å². The highest BCUT2D eigenvalue weighted by molar-refractivity contribution is 7.99. The number of hydrogen-bond donors (Lipinski definition) is 1. The maximum Gasteiger partial charge on any atom is 0.230 e. The number of halogens is 1. The molecule has 0 aliphatic carbocycles. The first-order chi connectivity index (χ1) is 15.1. The zero-order valence-corrected chi connectivity index (χ0v) is 19.0. The molecule has 2 atom stereocenters. The van der Waals surface area contributed by atoms with Gasteiger partial charge in [-0.2, -0.15) is 0 Å². The van der Waals surface area contributed by atoms with E-state index in [-0.39, 0.29) is 23.8 Å². The van der Waals surface area contributed by atoms with Crippen LogP contribution in [0.4, 0.5) is 0 Å². The first-order valence-electron chi connectivity index (χ1n) is 10.5. The quantitative estimate of drug-likeness (QED) is 0.465. The van der Waals surface area contributed by atoms with E-state index in [0.29, 0.717) is 5.02 Å². The minimum absolute atomic E-state index is 0.0506. The highest BCUT2D eigenvalue weighted by atomic mass is 35.5. The van der Waals surface area contributed by atoms with Crippen molar-refractivity contribution in [3.8, 4) is 11.3 Å². The Labute approximate surface area is 192 Å². The van der Waals surface area contributed by atoms with Crippen molar-refractivity contribution in [3.05, 3.63) is 71.4 Å². The molecule has 5 nitrogen and oxygen atoms in total. The van der Waals surface area contributed by atoms with Crippen LogP contribution in [0.5, 0.6) is 0 Å². The summed E-state index contributed by atoms with van der Waals surface area (Å²) in [6.07, 6.45) is 4.21. The highest BCUT2D eigenvalue weighted by Gasteiger charge is 2.21. The van der Waals surface area contributed by atoms with Crippen molar-refractivity contribution in [2.75, 3.05) is 12.4 Å². The molecule has 0 spiro atoms. The van der Waals surface area contributed by atoms with E-state index in [1.54, 1.807) is 0 Å². The molecule has 1 amide bonds. The van der Waals surface area contributed by atoms with Crippen LogP contribution in [0, 0.1) is 0 Å². The number of imidazole rings is 1. The lowest BCUT2D eigenvalue weighted by Crippen LogP contribution is -2.28. The molecule has 2 aromatic carbocycles. The Morgan fingerprint density at radius 3 is 2.77 bits per heavy atom. The number of amides is 1. The lowest BCUT2D eigenvalue weighted by molar-refractivity contribution is -0.119. The number of hydrogen-bond acceptors (Lipinski definition) is 4. The molecule has 1 aliphatic rings. The number of benzene rings is 2. The summed E-state index contributed by atoms with van der Waals surface area (Å²) in [5.74, 6) is 0.233. The molecule has 1 aliphatic heterocycles. The Balaban J connectivity index is 1.45. The smallest absolute Gasteiger partial charge is 0.230 e. The number of ether oxygens (including phenoxy) is 1. The van der Waals surface area contributed by atoms with Gasteiger partial charge in [0.05, 0.1) is 36.3 Å². The molecule has 4 rings (SSSR count). The van der Waals surface area contributed by atoms with Crippen LogP contribution >= 0.6 is 23.4 Å². The number of nitrogens with zero attached hydrogens (tertiary/aromatic N) is 2. The fraction of sp³-hybridized carbons (Fsp3) is 0.333. The van der Waals surface area contributed by atoms with Gasteiger partial charge < -0.3 is 14.6 Å². The third kappa shape index (κ3) is 5.50. The summed E-state index contributed by atoms with van der Waals surface area (Å²) in [6.45, 7) is 3.49. The van der Waals surface area contributed by atoms with Gasteiger partial charge in [-0.25, -0.2) is 4.98 Å². The van der Waals surface area contributed by atoms with E-state index in [4.69, 9.17) is 16.3 Å². The molecule has 3 aromatic rings. The Hall–Kier alpha value is -2.28. The molecule has 1 N–H and O–H groups in total. The third-order valence-electron chi connectivity index (χ3n) is 5.38. The average molecular weight is 456 g/mol. The van der Waals surface area contributed by atoms with Crippen LogP contribution in [0.25, 0.3) is 11.3 Å². The molecule has 0 radical (unpaired) electrons. The van der Waals surface area contributed by atoms with Crippen molar-refractivity contribution in [3.63, 3.8) is 0 Å². The summed E-state index contributed by atoms with van der Waals surface area (Å²) in [6, 6.07) is 17.6. The molecule has 2 unspecified atom stereocenters. The van der Waals surface area contributed by atoms with E-state index in [9.17, 15) is 4.79 Å². The molecule has 0 bridgehead atoms. The van der Waals surface area contributed by atoms with Crippen LogP contribution in [-0.4, -0.2) is 33.9 Å². The second-order valence-corrected chi connectivity index (χ2v) is 8.99. The zero-order valence-electron chi connectivity index (χ0n) is 17.5. The summed E-state index contributed by atoms with van der Waals surface area (Å²) in [5, 5.41) is 4.52. The van der Waals surface area contributed by atoms with Crippen LogP contribution in [0.3, 0.4) is 0 Å². The fourth-order valence-corrected chi connectivity index (χ4v) is 4.90. The normalized spacial score (nSPS) is 16.9. The molecule has 7 heteroatoms. The lowest BCUT2D eigenvalue weighted by Gasteiger charge is -2.17. The van der Waals surface area contributed by atoms with Crippen molar-refractivity contribution >= 4 is 29.3 Å². The first-order valence-corrected chi connectivity index (χ1v) is 11.9. The average Bonchev–Trinajstić information content (AvgIpc) is 3.43. The minimum atomic E-state index is -0.159. The van der Waals surface area contributed by atoms with E-state index in [1.165, 1.54) is 11.8 Å². The predicted molar refractivity (Wildman–Crippen MR) is 125 cm³/mol. The van der Waals surface area contributed by atoms with Crippen molar-refractivity contribution in [1.29, 1.82) is 0 Å². The summed E-state index contributed by atoms with van der Waals surface area (Å²) < 4.78 is 8.04. The van der Waals surface area contributed by atoms with Gasteiger partial charge in [0, 0.05) is 11.6 Å². The zero-order chi connectivity index (χ0) is 21.6. The topological polar surface area (TPSA) is 56.2 Å². The molecule has 162 valence electrons. The SMILES string of the molecule is CC(NC(=O)CSc1ncc(-c2ccccc2)n1CC1CCCO1)c1ccccc1Cl. The van der Waals surface area contributed by atoms with Gasteiger partial charge in [-0.1, -0.05) is 71.9 Å². The van der Waals surface area contributed by atoms with E-state index in [1.807, 2.05) is 55.6 Å². The predicted octanol–water partition coefficient (Wildman–Crippen LogP) is 5.35. The number of carbonyl (C=O) groups excluding carboxylic acids is 1. The standard InChI is InChI=1S/C24H26ClN3O2S/c1-17(20-11-5-6-12-21(20)25)27-23(29)16-31-24-26-14-22(18-8-3-2-4-9-18)28(24)15-19-10-7-13-30-19/h2-6,8-9,11-12,14,17,19H,7,10,13,15-16H2,1H3,(H,27,29). The van der Waals surface area contributed by atoms with Crippen LogP contribution in [-0.2, 0) is 16.1 Å². The molecule has 1 saturated heterocycles. The third-order valence-corrected chi connectivity index (χ3v) is 6.72. The van der Waals surface area contributed by atoms with Gasteiger partial charge in [0.1, 0.15) is 0 Å². The number of carbonyl (C=O) groups is 1. The van der Waals surface area contributed by atoms with Crippen molar-refractivity contribution in [2.45, 2.75) is 43.6 Å². The molecule has 31 heavy (non-hydrogen) atoms. The van der Waals surface area contributed by atoms with Gasteiger partial charge in [-0.3, -0.25) is 4.79 Å². The number of rotatable bonds is 8. The molecular weight excluding hydrogens is 430 g/mol. The molecule has 1 aromatic heterocycles. The van der Waals surface area contributed by atoms with E-state index >= 15 is 0 Å². The monoisotopic (exact) mass is 455 g/mol. The van der Waals surface area contributed by atoms with Gasteiger partial charge in [-0.15, -0.1) is 0 Å². The van der Waals surface area contributed by atoms with Crippen LogP contribution in [0.1, 0.15) is 31.4 Å². The summed E-state index contributed by atoms with van der Waals surface area (Å²) >= 11 is 7.70. The molecule has 1 fully saturated rings. The maximum absolute atomic E-state index is 12.6. The Morgan fingerprint density at radius 1 is 1.26 bits per heavy atom. The Kier molecular flexibility index (Phi) is 7.33. The van der Waals surface area contributed by atoms with Gasteiger partial charge in [0.25, 0.3) is 0 Å². The first kappa shape index (κ1) is 21.9. The lowest BCUT2D eigenvalue weighted by atomic mass is 10.1. The largest absolute Gasteiger partial charge is 0.376 e. The summed E-state index contributed by atoms with van der Waals surface area (Å²) in [7, 11) is 0. The minimum Gasteiger partial charge on any atom is -0.376 e. The Morgan fingerprint density at radius 2 is 2.03 bits per heavy atom. The van der Waals surface area contributed by atoms with Crippen molar-refractivity contribution in [1.82, 2.24) is 14.9 Å². The van der Waals surface area contributed by atoms with Crippen LogP contribution in [0.15, 0.2) is 66.0 Å². The second-order valence-electron chi connectivity index (χ2n) is 7.64. The maximum atomic E-state index is 12.6. The number of aromatic nitrogens is 2. The second kappa shape index (κ2) is 10.4. The van der Waals surface area contributed by atoms with E-state index in [2.05, 4.69) is 27.0 Å². The number of nitrogens with one attached hydrogen (secondary N) is 1. The van der Waals surface area contributed by atoms with Gasteiger partial charge >= 0.3 is 0 Å². The van der Waals surface area contributed by atoms with Crippen LogP contribution < -0.4 is 5.32 Å². The van der Waals surface area contributed by atoms with Crippen LogP contribution in [0.2, 0.25) is 5.02 Å². The number of thioether (sulfide) groups is 1. The van der Waals surface area contributed by atoms with Crippen molar-refractivity contribution < 1.29 is 9.53 Å².